The summed E-state index contributed by atoms with van der Waals surface area (Å²) in [6.07, 6.45) is 3.29. The van der Waals surface area contributed by atoms with E-state index in [1.165, 1.54) is 18.2 Å². The Balaban J connectivity index is 0.00000225. The van der Waals surface area contributed by atoms with Crippen LogP contribution in [0.15, 0.2) is 73.2 Å². The van der Waals surface area contributed by atoms with Crippen LogP contribution in [0.2, 0.25) is 0 Å². The first-order valence-corrected chi connectivity index (χ1v) is 7.32. The van der Waals surface area contributed by atoms with E-state index in [1.54, 1.807) is 23.2 Å². The Morgan fingerprint density at radius 2 is 1.72 bits per heavy atom. The fourth-order valence-electron chi connectivity index (χ4n) is 2.38. The number of nitrogens with zero attached hydrogens (tertiary/aromatic N) is 3. The molecular formula is C18H14BrN3O3. The van der Waals surface area contributed by atoms with Crippen molar-refractivity contribution in [1.82, 2.24) is 4.98 Å². The van der Waals surface area contributed by atoms with Crippen molar-refractivity contribution in [1.29, 1.82) is 0 Å². The van der Waals surface area contributed by atoms with Crippen molar-refractivity contribution in [3.8, 4) is 11.3 Å². The Hall–Kier alpha value is -2.93. The molecule has 6 nitrogen and oxygen atoms in total. The summed E-state index contributed by atoms with van der Waals surface area (Å²) in [4.78, 5) is 27.1. The van der Waals surface area contributed by atoms with Crippen LogP contribution in [-0.4, -0.2) is 15.7 Å². The van der Waals surface area contributed by atoms with E-state index in [-0.39, 0.29) is 40.6 Å². The van der Waals surface area contributed by atoms with Crippen molar-refractivity contribution in [2.75, 3.05) is 0 Å². The number of Topliss-reactive ketones (excluding diaryl/α,β-unsaturated/α-hetero) is 1. The van der Waals surface area contributed by atoms with E-state index in [2.05, 4.69) is 4.98 Å². The van der Waals surface area contributed by atoms with Gasteiger partial charge in [-0.2, -0.15) is 0 Å². The molecule has 0 amide bonds. The van der Waals surface area contributed by atoms with Crippen LogP contribution < -0.4 is 21.5 Å². The summed E-state index contributed by atoms with van der Waals surface area (Å²) in [5.41, 5.74) is 1.69. The molecule has 0 N–H and O–H groups in total. The summed E-state index contributed by atoms with van der Waals surface area (Å²) in [6.45, 7) is -0.00702. The van der Waals surface area contributed by atoms with Gasteiger partial charge in [-0.25, -0.2) is 4.57 Å². The van der Waals surface area contributed by atoms with Crippen LogP contribution in [0.1, 0.15) is 10.4 Å². The zero-order chi connectivity index (χ0) is 16.9. The van der Waals surface area contributed by atoms with Gasteiger partial charge in [0.05, 0.1) is 16.7 Å². The van der Waals surface area contributed by atoms with Gasteiger partial charge in [-0.15, -0.1) is 0 Å². The topological polar surface area (TPSA) is 77.0 Å². The molecule has 0 radical (unpaired) electrons. The molecular weight excluding hydrogens is 386 g/mol. The van der Waals surface area contributed by atoms with Gasteiger partial charge in [-0.05, 0) is 11.1 Å². The molecule has 126 valence electrons. The van der Waals surface area contributed by atoms with Gasteiger partial charge < -0.3 is 17.0 Å². The van der Waals surface area contributed by atoms with Crippen molar-refractivity contribution in [3.05, 3.63) is 88.9 Å². The highest BCUT2D eigenvalue weighted by molar-refractivity contribution is 5.98. The van der Waals surface area contributed by atoms with Crippen LogP contribution in [-0.2, 0) is 6.54 Å². The maximum absolute atomic E-state index is 12.3. The number of hydrogen-bond donors (Lipinski definition) is 0. The van der Waals surface area contributed by atoms with Crippen LogP contribution >= 0.6 is 0 Å². The minimum atomic E-state index is -0.547. The Labute approximate surface area is 154 Å². The largest absolute Gasteiger partial charge is 1.00 e. The molecule has 1 heterocycles. The van der Waals surface area contributed by atoms with Crippen LogP contribution in [0.5, 0.6) is 0 Å². The predicted molar refractivity (Wildman–Crippen MR) is 87.3 cm³/mol. The van der Waals surface area contributed by atoms with E-state index in [4.69, 9.17) is 0 Å². The number of carbonyl (C=O) groups excluding carboxylic acids is 1. The molecule has 0 aliphatic rings. The second-order valence-corrected chi connectivity index (χ2v) is 5.18. The summed E-state index contributed by atoms with van der Waals surface area (Å²) in [7, 11) is 0. The Bertz CT molecular complexity index is 884. The summed E-state index contributed by atoms with van der Waals surface area (Å²) in [6, 6.07) is 17.4. The monoisotopic (exact) mass is 399 g/mol. The number of nitro benzene ring substituents is 1. The highest BCUT2D eigenvalue weighted by atomic mass is 79.9. The fraction of sp³-hybridized carbons (Fsp3) is 0.0556. The van der Waals surface area contributed by atoms with Gasteiger partial charge in [-0.3, -0.25) is 14.9 Å². The van der Waals surface area contributed by atoms with Crippen LogP contribution in [0, 0.1) is 10.1 Å². The molecule has 0 unspecified atom stereocenters. The lowest BCUT2D eigenvalue weighted by atomic mass is 10.1. The van der Waals surface area contributed by atoms with E-state index < -0.39 is 4.92 Å². The van der Waals surface area contributed by atoms with E-state index in [0.717, 1.165) is 11.3 Å². The highest BCUT2D eigenvalue weighted by Gasteiger charge is 2.21. The molecule has 2 aromatic carbocycles. The molecule has 3 aromatic rings. The number of carbonyl (C=O) groups is 1. The quantitative estimate of drug-likeness (QED) is 0.258. The van der Waals surface area contributed by atoms with E-state index in [0.29, 0.717) is 0 Å². The SMILES string of the molecule is O=C(C[n+]1ccc(-c2ccccc2)nc1)c1ccccc1[N+](=O)[O-].[Br-]. The van der Waals surface area contributed by atoms with Gasteiger partial charge in [-0.1, -0.05) is 42.5 Å². The van der Waals surface area contributed by atoms with Crippen LogP contribution in [0.3, 0.4) is 0 Å². The number of aromatic nitrogens is 2. The zero-order valence-electron chi connectivity index (χ0n) is 13.1. The molecule has 3 rings (SSSR count). The molecule has 0 fully saturated rings. The van der Waals surface area contributed by atoms with Crippen LogP contribution in [0.25, 0.3) is 11.3 Å². The van der Waals surface area contributed by atoms with Gasteiger partial charge >= 0.3 is 0 Å². The summed E-state index contributed by atoms with van der Waals surface area (Å²) in [5, 5.41) is 11.0. The minimum Gasteiger partial charge on any atom is -1.00 e. The number of ketones is 1. The maximum atomic E-state index is 12.3. The highest BCUT2D eigenvalue weighted by Crippen LogP contribution is 2.18. The summed E-state index contributed by atoms with van der Waals surface area (Å²) < 4.78 is 1.60. The molecule has 7 heteroatoms. The summed E-state index contributed by atoms with van der Waals surface area (Å²) >= 11 is 0. The van der Waals surface area contributed by atoms with Crippen LogP contribution in [0.4, 0.5) is 5.69 Å². The smallest absolute Gasteiger partial charge is 0.287 e. The first-order valence-electron chi connectivity index (χ1n) is 7.32. The second kappa shape index (κ2) is 8.25. The standard InChI is InChI=1S/C18H14N3O3.BrH/c22-18(15-8-4-5-9-17(15)21(23)24)12-20-11-10-16(19-13-20)14-6-2-1-3-7-14;/h1-11,13H,12H2;1H/q+1;/p-1. The number of benzene rings is 2. The van der Waals surface area contributed by atoms with E-state index >= 15 is 0 Å². The molecule has 0 spiro atoms. The zero-order valence-corrected chi connectivity index (χ0v) is 14.7. The normalized spacial score (nSPS) is 9.92. The Kier molecular flexibility index (Phi) is 6.08. The number of hydrogen-bond acceptors (Lipinski definition) is 4. The molecule has 1 aromatic heterocycles. The molecule has 0 saturated heterocycles. The third-order valence-electron chi connectivity index (χ3n) is 3.57. The Morgan fingerprint density at radius 3 is 2.36 bits per heavy atom. The molecule has 0 atom stereocenters. The average Bonchev–Trinajstić information content (AvgIpc) is 2.63. The third kappa shape index (κ3) is 4.33. The third-order valence-corrected chi connectivity index (χ3v) is 3.57. The lowest BCUT2D eigenvalue weighted by Crippen LogP contribution is -3.00. The number of para-hydroxylation sites is 1. The molecule has 0 bridgehead atoms. The number of nitro groups is 1. The van der Waals surface area contributed by atoms with Crippen molar-refractivity contribution in [3.63, 3.8) is 0 Å². The maximum Gasteiger partial charge on any atom is 0.287 e. The van der Waals surface area contributed by atoms with Gasteiger partial charge in [0.25, 0.3) is 12.0 Å². The predicted octanol–water partition coefficient (Wildman–Crippen LogP) is -0.169. The van der Waals surface area contributed by atoms with Gasteiger partial charge in [0.2, 0.25) is 5.78 Å². The average molecular weight is 400 g/mol. The number of halogens is 1. The van der Waals surface area contributed by atoms with Crippen molar-refractivity contribution in [2.24, 2.45) is 0 Å². The molecule has 25 heavy (non-hydrogen) atoms. The lowest BCUT2D eigenvalue weighted by molar-refractivity contribution is -0.686. The minimum absolute atomic E-state index is 0. The molecule has 0 saturated carbocycles. The van der Waals surface area contributed by atoms with E-state index in [9.17, 15) is 14.9 Å². The van der Waals surface area contributed by atoms with Gasteiger partial charge in [0, 0.05) is 17.7 Å². The molecule has 0 aliphatic carbocycles. The first-order chi connectivity index (χ1) is 11.6. The first kappa shape index (κ1) is 18.4. The summed E-state index contributed by atoms with van der Waals surface area (Å²) in [5.74, 6) is -0.332. The number of rotatable bonds is 5. The Morgan fingerprint density at radius 1 is 1.04 bits per heavy atom. The van der Waals surface area contributed by atoms with Gasteiger partial charge in [0.1, 0.15) is 0 Å². The van der Waals surface area contributed by atoms with Crippen molar-refractivity contribution < 1.29 is 31.3 Å². The fourth-order valence-corrected chi connectivity index (χ4v) is 2.38. The van der Waals surface area contributed by atoms with E-state index in [1.807, 2.05) is 36.4 Å². The molecule has 0 aliphatic heterocycles. The van der Waals surface area contributed by atoms with Crippen molar-refractivity contribution >= 4 is 11.5 Å². The van der Waals surface area contributed by atoms with Crippen molar-refractivity contribution in [2.45, 2.75) is 6.54 Å². The second-order valence-electron chi connectivity index (χ2n) is 5.18. The lowest BCUT2D eigenvalue weighted by Gasteiger charge is -2.02. The van der Waals surface area contributed by atoms with Gasteiger partial charge in [0.15, 0.2) is 12.2 Å².